The number of hydrogen-bond donors (Lipinski definition) is 2. The molecule has 4 saturated carbocycles. The molecule has 4 aliphatic carbocycles. The van der Waals surface area contributed by atoms with E-state index in [9.17, 15) is 5.11 Å². The molecule has 0 aromatic heterocycles. The van der Waals surface area contributed by atoms with Gasteiger partial charge in [0.05, 0.1) is 5.60 Å². The topological polar surface area (TPSA) is 64.7 Å². The van der Waals surface area contributed by atoms with E-state index in [4.69, 9.17) is 15.2 Å². The first kappa shape index (κ1) is 20.1. The Kier molecular flexibility index (Phi) is 4.98. The fraction of sp³-hybridized carbons (Fsp3) is 1.00. The minimum atomic E-state index is -0.539. The molecule has 0 unspecified atom stereocenters. The van der Waals surface area contributed by atoms with Gasteiger partial charge in [-0.05, 0) is 92.4 Å². The predicted molar refractivity (Wildman–Crippen MR) is 107 cm³/mol. The summed E-state index contributed by atoms with van der Waals surface area (Å²) in [5.74, 6) is 2.56. The minimum Gasteiger partial charge on any atom is -0.389 e. The molecule has 0 aromatic carbocycles. The lowest BCUT2D eigenvalue weighted by atomic mass is 9.44. The summed E-state index contributed by atoms with van der Waals surface area (Å²) in [5, 5.41) is 11.5. The molecule has 3 N–H and O–H groups in total. The Bertz CT molecular complexity index is 564. The molecule has 4 nitrogen and oxygen atoms in total. The molecule has 0 saturated heterocycles. The van der Waals surface area contributed by atoms with Gasteiger partial charge in [-0.3, -0.25) is 0 Å². The molecule has 0 aromatic rings. The van der Waals surface area contributed by atoms with Crippen LogP contribution in [0.2, 0.25) is 0 Å². The first-order valence-corrected chi connectivity index (χ1v) is 11.3. The number of rotatable bonds is 4. The molecule has 7 atom stereocenters. The summed E-state index contributed by atoms with van der Waals surface area (Å²) in [6, 6.07) is 0. The second-order valence-corrected chi connectivity index (χ2v) is 10.7. The third-order valence-corrected chi connectivity index (χ3v) is 10.3. The van der Waals surface area contributed by atoms with Gasteiger partial charge in [0.25, 0.3) is 0 Å². The van der Waals surface area contributed by atoms with Crippen molar-refractivity contribution in [1.82, 2.24) is 0 Å². The first-order valence-electron chi connectivity index (χ1n) is 11.3. The molecule has 0 amide bonds. The van der Waals surface area contributed by atoms with Crippen molar-refractivity contribution in [2.75, 3.05) is 20.8 Å². The average molecular weight is 380 g/mol. The summed E-state index contributed by atoms with van der Waals surface area (Å²) in [6.07, 6.45) is 11.2. The zero-order valence-electron chi connectivity index (χ0n) is 17.9. The van der Waals surface area contributed by atoms with Crippen molar-refractivity contribution in [3.05, 3.63) is 0 Å². The molecule has 0 heterocycles. The van der Waals surface area contributed by atoms with E-state index in [0.29, 0.717) is 23.8 Å². The fourth-order valence-electron chi connectivity index (χ4n) is 8.41. The molecule has 0 spiro atoms. The lowest BCUT2D eigenvalue weighted by Gasteiger charge is -2.62. The van der Waals surface area contributed by atoms with Gasteiger partial charge in [0.15, 0.2) is 5.79 Å². The Morgan fingerprint density at radius 3 is 2.30 bits per heavy atom. The Hall–Kier alpha value is -0.160. The van der Waals surface area contributed by atoms with Gasteiger partial charge in [-0.1, -0.05) is 13.8 Å². The summed E-state index contributed by atoms with van der Waals surface area (Å²) in [4.78, 5) is 0. The van der Waals surface area contributed by atoms with Crippen LogP contribution in [0.1, 0.15) is 78.1 Å². The number of ether oxygens (including phenoxy) is 2. The van der Waals surface area contributed by atoms with Crippen molar-refractivity contribution >= 4 is 0 Å². The van der Waals surface area contributed by atoms with Crippen LogP contribution in [0.5, 0.6) is 0 Å². The van der Waals surface area contributed by atoms with Gasteiger partial charge in [-0.25, -0.2) is 0 Å². The minimum absolute atomic E-state index is 0.0637. The quantitative estimate of drug-likeness (QED) is 0.722. The van der Waals surface area contributed by atoms with Crippen LogP contribution < -0.4 is 5.73 Å². The Morgan fingerprint density at radius 1 is 0.926 bits per heavy atom. The summed E-state index contributed by atoms with van der Waals surface area (Å²) in [6.45, 7) is 5.54. The maximum absolute atomic E-state index is 11.5. The highest BCUT2D eigenvalue weighted by Gasteiger charge is 2.65. The van der Waals surface area contributed by atoms with Gasteiger partial charge in [0.1, 0.15) is 0 Å². The normalized spacial score (nSPS) is 51.3. The Labute approximate surface area is 165 Å². The summed E-state index contributed by atoms with van der Waals surface area (Å²) >= 11 is 0. The zero-order chi connectivity index (χ0) is 19.5. The largest absolute Gasteiger partial charge is 0.389 e. The van der Waals surface area contributed by atoms with Crippen molar-refractivity contribution in [2.45, 2.75) is 89.4 Å². The summed E-state index contributed by atoms with van der Waals surface area (Å²) in [5.41, 5.74) is 5.81. The van der Waals surface area contributed by atoms with Crippen molar-refractivity contribution in [3.63, 3.8) is 0 Å². The van der Waals surface area contributed by atoms with Crippen LogP contribution in [0, 0.1) is 34.5 Å². The number of fused-ring (bicyclic) bond motifs is 5. The van der Waals surface area contributed by atoms with Crippen LogP contribution in [0.3, 0.4) is 0 Å². The van der Waals surface area contributed by atoms with E-state index < -0.39 is 5.60 Å². The van der Waals surface area contributed by atoms with Crippen LogP contribution in [-0.2, 0) is 9.47 Å². The molecule has 156 valence electrons. The van der Waals surface area contributed by atoms with Crippen LogP contribution in [-0.4, -0.2) is 37.3 Å². The Balaban J connectivity index is 1.58. The maximum atomic E-state index is 11.5. The molecule has 4 aliphatic rings. The highest BCUT2D eigenvalue weighted by molar-refractivity contribution is 5.14. The lowest BCUT2D eigenvalue weighted by Crippen LogP contribution is -2.58. The smallest absolute Gasteiger partial charge is 0.167 e. The Morgan fingerprint density at radius 2 is 1.63 bits per heavy atom. The molecule has 0 radical (unpaired) electrons. The van der Waals surface area contributed by atoms with E-state index in [-0.39, 0.29) is 11.2 Å². The zero-order valence-corrected chi connectivity index (χ0v) is 17.9. The van der Waals surface area contributed by atoms with E-state index >= 15 is 0 Å². The van der Waals surface area contributed by atoms with Gasteiger partial charge < -0.3 is 20.3 Å². The van der Waals surface area contributed by atoms with Gasteiger partial charge in [-0.15, -0.1) is 0 Å². The van der Waals surface area contributed by atoms with Crippen molar-refractivity contribution < 1.29 is 14.6 Å². The molecule has 4 fully saturated rings. The standard InChI is InChI=1S/C23H41NO3/c1-20-11-12-23(26-3,27-4)15-16(20)5-6-17-18(20)7-9-21(2)19(17)8-10-22(21,25)13-14-24/h16-19,25H,5-15,24H2,1-4H3/t16-,17+,18-,19-,20-,21-,22+/m0/s1. The average Bonchev–Trinajstić information content (AvgIpc) is 2.93. The number of methoxy groups -OCH3 is 2. The summed E-state index contributed by atoms with van der Waals surface area (Å²) in [7, 11) is 3.61. The maximum Gasteiger partial charge on any atom is 0.167 e. The summed E-state index contributed by atoms with van der Waals surface area (Å²) < 4.78 is 11.7. The lowest BCUT2D eigenvalue weighted by molar-refractivity contribution is -0.262. The number of nitrogens with two attached hydrogens (primary N) is 1. The van der Waals surface area contributed by atoms with Crippen LogP contribution >= 0.6 is 0 Å². The molecule has 0 aliphatic heterocycles. The van der Waals surface area contributed by atoms with E-state index in [0.717, 1.165) is 43.9 Å². The van der Waals surface area contributed by atoms with Crippen LogP contribution in [0.15, 0.2) is 0 Å². The molecular weight excluding hydrogens is 338 g/mol. The van der Waals surface area contributed by atoms with Crippen molar-refractivity contribution in [3.8, 4) is 0 Å². The van der Waals surface area contributed by atoms with E-state index in [1.165, 1.54) is 32.1 Å². The van der Waals surface area contributed by atoms with Gasteiger partial charge in [-0.2, -0.15) is 0 Å². The van der Waals surface area contributed by atoms with Gasteiger partial charge in [0.2, 0.25) is 0 Å². The molecule has 4 heteroatoms. The monoisotopic (exact) mass is 379 g/mol. The third-order valence-electron chi connectivity index (χ3n) is 10.3. The van der Waals surface area contributed by atoms with Crippen molar-refractivity contribution in [2.24, 2.45) is 40.2 Å². The third kappa shape index (κ3) is 2.69. The number of hydrogen-bond acceptors (Lipinski definition) is 4. The highest BCUT2D eigenvalue weighted by Crippen LogP contribution is 2.69. The first-order chi connectivity index (χ1) is 12.8. The van der Waals surface area contributed by atoms with Crippen LogP contribution in [0.4, 0.5) is 0 Å². The van der Waals surface area contributed by atoms with E-state index in [2.05, 4.69) is 13.8 Å². The van der Waals surface area contributed by atoms with Crippen molar-refractivity contribution in [1.29, 1.82) is 0 Å². The molecule has 27 heavy (non-hydrogen) atoms. The van der Waals surface area contributed by atoms with Gasteiger partial charge >= 0.3 is 0 Å². The second kappa shape index (κ2) is 6.68. The number of aliphatic hydroxyl groups is 1. The van der Waals surface area contributed by atoms with Crippen LogP contribution in [0.25, 0.3) is 0 Å². The van der Waals surface area contributed by atoms with Gasteiger partial charge in [0, 0.05) is 27.1 Å². The highest BCUT2D eigenvalue weighted by atomic mass is 16.7. The van der Waals surface area contributed by atoms with E-state index in [1.54, 1.807) is 14.2 Å². The molecular formula is C23H41NO3. The van der Waals surface area contributed by atoms with E-state index in [1.807, 2.05) is 0 Å². The second-order valence-electron chi connectivity index (χ2n) is 10.7. The SMILES string of the molecule is COC1(OC)CC[C@@]2(C)[C@@H](CC[C@@H]3[C@@H]2CC[C@@]2(C)[C@H]3CC[C@@]2(O)CCN)C1. The molecule has 4 rings (SSSR count). The predicted octanol–water partition coefficient (Wildman–Crippen LogP) is 4.10. The molecule has 0 bridgehead atoms. The fourth-order valence-corrected chi connectivity index (χ4v) is 8.41.